The fraction of sp³-hybridized carbons (Fsp3) is 0.562. The van der Waals surface area contributed by atoms with Gasteiger partial charge in [-0.25, -0.2) is 0 Å². The number of nitrogens with two attached hydrogens (primary N) is 1. The summed E-state index contributed by atoms with van der Waals surface area (Å²) in [6.45, 7) is 10.3. The molecular weight excluding hydrogens is 250 g/mol. The van der Waals surface area contributed by atoms with Crippen LogP contribution in [0, 0.1) is 12.3 Å². The van der Waals surface area contributed by atoms with Gasteiger partial charge in [0, 0.05) is 30.9 Å². The Morgan fingerprint density at radius 1 is 1.35 bits per heavy atom. The molecule has 4 nitrogen and oxygen atoms in total. The van der Waals surface area contributed by atoms with Gasteiger partial charge in [0.2, 0.25) is 5.91 Å². The number of anilines is 2. The largest absolute Gasteiger partial charge is 0.399 e. The van der Waals surface area contributed by atoms with E-state index in [1.807, 2.05) is 26.1 Å². The molecule has 3 N–H and O–H groups in total. The van der Waals surface area contributed by atoms with Crippen LogP contribution in [0.15, 0.2) is 18.2 Å². The Morgan fingerprint density at radius 3 is 2.55 bits per heavy atom. The molecule has 0 atom stereocenters. The van der Waals surface area contributed by atoms with Gasteiger partial charge in [-0.2, -0.15) is 0 Å². The lowest BCUT2D eigenvalue weighted by Gasteiger charge is -2.26. The van der Waals surface area contributed by atoms with Crippen LogP contribution in [0.5, 0.6) is 0 Å². The first kappa shape index (κ1) is 16.5. The summed E-state index contributed by atoms with van der Waals surface area (Å²) in [5, 5.41) is 2.93. The summed E-state index contributed by atoms with van der Waals surface area (Å²) < 4.78 is 0. The number of rotatable bonds is 5. The van der Waals surface area contributed by atoms with Crippen LogP contribution < -0.4 is 11.1 Å². The van der Waals surface area contributed by atoms with Gasteiger partial charge in [0.25, 0.3) is 0 Å². The molecule has 0 heterocycles. The number of hydrogen-bond acceptors (Lipinski definition) is 3. The first-order valence-electron chi connectivity index (χ1n) is 7.02. The van der Waals surface area contributed by atoms with Crippen molar-refractivity contribution in [1.29, 1.82) is 0 Å². The molecule has 112 valence electrons. The van der Waals surface area contributed by atoms with Crippen molar-refractivity contribution < 1.29 is 4.79 Å². The first-order valence-corrected chi connectivity index (χ1v) is 7.02. The molecular formula is C16H27N3O. The zero-order chi connectivity index (χ0) is 15.3. The number of aryl methyl sites for hydroxylation is 1. The average molecular weight is 277 g/mol. The summed E-state index contributed by atoms with van der Waals surface area (Å²) in [6.07, 6.45) is 0.496. The van der Waals surface area contributed by atoms with Gasteiger partial charge in [-0.3, -0.25) is 4.79 Å². The molecule has 0 fully saturated rings. The maximum Gasteiger partial charge on any atom is 0.225 e. The Morgan fingerprint density at radius 2 is 2.00 bits per heavy atom. The number of hydrogen-bond donors (Lipinski definition) is 2. The number of carbonyl (C=O) groups is 1. The molecule has 0 saturated heterocycles. The van der Waals surface area contributed by atoms with Gasteiger partial charge >= 0.3 is 0 Å². The summed E-state index contributed by atoms with van der Waals surface area (Å²) >= 11 is 0. The van der Waals surface area contributed by atoms with E-state index >= 15 is 0 Å². The van der Waals surface area contributed by atoms with Gasteiger partial charge in [-0.1, -0.05) is 20.8 Å². The van der Waals surface area contributed by atoms with E-state index in [-0.39, 0.29) is 11.3 Å². The Hall–Kier alpha value is -1.55. The molecule has 0 bridgehead atoms. The number of amides is 1. The van der Waals surface area contributed by atoms with Crippen molar-refractivity contribution in [3.63, 3.8) is 0 Å². The molecule has 0 spiro atoms. The van der Waals surface area contributed by atoms with Crippen molar-refractivity contribution in [3.8, 4) is 0 Å². The zero-order valence-corrected chi connectivity index (χ0v) is 13.3. The third kappa shape index (κ3) is 6.06. The maximum absolute atomic E-state index is 12.0. The lowest BCUT2D eigenvalue weighted by atomic mass is 9.96. The second kappa shape index (κ2) is 6.75. The lowest BCUT2D eigenvalue weighted by molar-refractivity contribution is -0.116. The van der Waals surface area contributed by atoms with Crippen LogP contribution in [-0.2, 0) is 4.79 Å². The number of benzene rings is 1. The van der Waals surface area contributed by atoms with E-state index in [0.29, 0.717) is 12.1 Å². The van der Waals surface area contributed by atoms with Crippen LogP contribution in [0.2, 0.25) is 0 Å². The minimum atomic E-state index is 0.0404. The van der Waals surface area contributed by atoms with Crippen molar-refractivity contribution in [1.82, 2.24) is 4.90 Å². The van der Waals surface area contributed by atoms with Crippen LogP contribution in [0.4, 0.5) is 11.4 Å². The molecule has 0 radical (unpaired) electrons. The standard InChI is InChI=1S/C16H27N3O/c1-12-10-13(17)6-7-14(12)18-15(20)8-9-19(5)11-16(2,3)4/h6-7,10H,8-9,11,17H2,1-5H3,(H,18,20). The molecule has 1 aromatic carbocycles. The van der Waals surface area contributed by atoms with Crippen molar-refractivity contribution in [2.75, 3.05) is 31.2 Å². The highest BCUT2D eigenvalue weighted by molar-refractivity contribution is 5.91. The highest BCUT2D eigenvalue weighted by atomic mass is 16.1. The van der Waals surface area contributed by atoms with Crippen molar-refractivity contribution >= 4 is 17.3 Å². The quantitative estimate of drug-likeness (QED) is 0.814. The number of nitrogen functional groups attached to an aromatic ring is 1. The van der Waals surface area contributed by atoms with E-state index in [9.17, 15) is 4.79 Å². The predicted molar refractivity (Wildman–Crippen MR) is 85.8 cm³/mol. The fourth-order valence-electron chi connectivity index (χ4n) is 2.22. The molecule has 4 heteroatoms. The Labute approximate surface area is 122 Å². The Kier molecular flexibility index (Phi) is 5.57. The molecule has 0 aliphatic heterocycles. The molecule has 0 saturated carbocycles. The van der Waals surface area contributed by atoms with Gasteiger partial charge in [0.1, 0.15) is 0 Å². The van der Waals surface area contributed by atoms with E-state index in [0.717, 1.165) is 24.3 Å². The number of nitrogens with one attached hydrogen (secondary N) is 1. The zero-order valence-electron chi connectivity index (χ0n) is 13.3. The molecule has 0 aliphatic carbocycles. The van der Waals surface area contributed by atoms with Crippen LogP contribution in [-0.4, -0.2) is 30.9 Å². The highest BCUT2D eigenvalue weighted by Gasteiger charge is 2.14. The topological polar surface area (TPSA) is 58.4 Å². The van der Waals surface area contributed by atoms with Gasteiger partial charge < -0.3 is 16.0 Å². The van der Waals surface area contributed by atoms with Crippen molar-refractivity contribution in [2.45, 2.75) is 34.1 Å². The SMILES string of the molecule is Cc1cc(N)ccc1NC(=O)CCN(C)CC(C)(C)C. The van der Waals surface area contributed by atoms with E-state index in [1.165, 1.54) is 0 Å². The second-order valence-corrected chi connectivity index (χ2v) is 6.67. The van der Waals surface area contributed by atoms with Crippen LogP contribution in [0.3, 0.4) is 0 Å². The van der Waals surface area contributed by atoms with E-state index < -0.39 is 0 Å². The normalized spacial score (nSPS) is 11.7. The maximum atomic E-state index is 12.0. The predicted octanol–water partition coefficient (Wildman–Crippen LogP) is 2.88. The van der Waals surface area contributed by atoms with Crippen LogP contribution >= 0.6 is 0 Å². The molecule has 1 aromatic rings. The van der Waals surface area contributed by atoms with Gasteiger partial charge in [-0.15, -0.1) is 0 Å². The van der Waals surface area contributed by atoms with Crippen LogP contribution in [0.1, 0.15) is 32.8 Å². The minimum absolute atomic E-state index is 0.0404. The van der Waals surface area contributed by atoms with Gasteiger partial charge in [0.05, 0.1) is 0 Å². The average Bonchev–Trinajstić information content (AvgIpc) is 2.28. The highest BCUT2D eigenvalue weighted by Crippen LogP contribution is 2.18. The second-order valence-electron chi connectivity index (χ2n) is 6.67. The Balaban J connectivity index is 2.44. The van der Waals surface area contributed by atoms with E-state index in [1.54, 1.807) is 6.07 Å². The molecule has 1 amide bonds. The summed E-state index contributed by atoms with van der Waals surface area (Å²) in [5.74, 6) is 0.0404. The summed E-state index contributed by atoms with van der Waals surface area (Å²) in [6, 6.07) is 5.51. The Bertz CT molecular complexity index is 463. The summed E-state index contributed by atoms with van der Waals surface area (Å²) in [5.41, 5.74) is 8.48. The minimum Gasteiger partial charge on any atom is -0.399 e. The van der Waals surface area contributed by atoms with E-state index in [4.69, 9.17) is 5.73 Å². The van der Waals surface area contributed by atoms with E-state index in [2.05, 4.69) is 31.0 Å². The first-order chi connectivity index (χ1) is 9.17. The van der Waals surface area contributed by atoms with Gasteiger partial charge in [-0.05, 0) is 43.1 Å². The number of nitrogens with zero attached hydrogens (tertiary/aromatic N) is 1. The fourth-order valence-corrected chi connectivity index (χ4v) is 2.22. The smallest absolute Gasteiger partial charge is 0.225 e. The molecule has 1 rings (SSSR count). The third-order valence-corrected chi connectivity index (χ3v) is 2.99. The monoisotopic (exact) mass is 277 g/mol. The van der Waals surface area contributed by atoms with Crippen molar-refractivity contribution in [2.24, 2.45) is 5.41 Å². The molecule has 0 aliphatic rings. The third-order valence-electron chi connectivity index (χ3n) is 2.99. The summed E-state index contributed by atoms with van der Waals surface area (Å²) in [4.78, 5) is 14.1. The molecule has 20 heavy (non-hydrogen) atoms. The molecule has 0 unspecified atom stereocenters. The lowest BCUT2D eigenvalue weighted by Crippen LogP contribution is -2.31. The molecule has 0 aromatic heterocycles. The summed E-state index contributed by atoms with van der Waals surface area (Å²) in [7, 11) is 2.05. The van der Waals surface area contributed by atoms with Crippen LogP contribution in [0.25, 0.3) is 0 Å². The van der Waals surface area contributed by atoms with Gasteiger partial charge in [0.15, 0.2) is 0 Å². The number of carbonyl (C=O) groups excluding carboxylic acids is 1. The van der Waals surface area contributed by atoms with Crippen molar-refractivity contribution in [3.05, 3.63) is 23.8 Å².